The van der Waals surface area contributed by atoms with E-state index in [1.165, 1.54) is 6.39 Å². The Labute approximate surface area is 99.9 Å². The van der Waals surface area contributed by atoms with Crippen molar-refractivity contribution in [1.82, 2.24) is 10.2 Å². The smallest absolute Gasteiger partial charge is 0.247 e. The lowest BCUT2D eigenvalue weighted by atomic mass is 10.1. The van der Waals surface area contributed by atoms with Gasteiger partial charge in [-0.05, 0) is 37.1 Å². The summed E-state index contributed by atoms with van der Waals surface area (Å²) in [6, 6.07) is 3.94. The molecule has 88 valence electrons. The van der Waals surface area contributed by atoms with Crippen LogP contribution in [0.3, 0.4) is 0 Å². The number of hydrogen-bond donors (Lipinski definition) is 0. The van der Waals surface area contributed by atoms with Crippen LogP contribution in [0.15, 0.2) is 35.6 Å². The molecule has 0 aliphatic rings. The number of ether oxygens (including phenoxy) is 1. The zero-order valence-corrected chi connectivity index (χ0v) is 9.93. The Morgan fingerprint density at radius 1 is 1.35 bits per heavy atom. The molecule has 0 N–H and O–H groups in total. The molecule has 4 heteroatoms. The lowest BCUT2D eigenvalue weighted by Gasteiger charge is -2.11. The lowest BCUT2D eigenvalue weighted by Crippen LogP contribution is -1.98. The van der Waals surface area contributed by atoms with Crippen LogP contribution in [0.5, 0.6) is 5.75 Å². The molecule has 0 spiro atoms. The summed E-state index contributed by atoms with van der Waals surface area (Å²) < 4.78 is 10.8. The van der Waals surface area contributed by atoms with Crippen molar-refractivity contribution in [3.63, 3.8) is 0 Å². The Morgan fingerprint density at radius 2 is 2.06 bits per heavy atom. The quantitative estimate of drug-likeness (QED) is 0.758. The van der Waals surface area contributed by atoms with Crippen LogP contribution in [0.1, 0.15) is 11.1 Å². The highest BCUT2D eigenvalue weighted by molar-refractivity contribution is 5.59. The maximum Gasteiger partial charge on any atom is 0.247 e. The predicted octanol–water partition coefficient (Wildman–Crippen LogP) is 2.92. The molecule has 1 aromatic heterocycles. The van der Waals surface area contributed by atoms with Gasteiger partial charge in [0.25, 0.3) is 0 Å². The summed E-state index contributed by atoms with van der Waals surface area (Å²) in [4.78, 5) is 0. The zero-order valence-electron chi connectivity index (χ0n) is 9.93. The minimum atomic E-state index is 0.502. The first-order valence-corrected chi connectivity index (χ1v) is 5.34. The highest BCUT2D eigenvalue weighted by Crippen LogP contribution is 2.29. The third-order valence-corrected chi connectivity index (χ3v) is 2.41. The van der Waals surface area contributed by atoms with Gasteiger partial charge < -0.3 is 9.15 Å². The van der Waals surface area contributed by atoms with Crippen LogP contribution >= 0.6 is 0 Å². The van der Waals surface area contributed by atoms with Crippen LogP contribution < -0.4 is 4.74 Å². The van der Waals surface area contributed by atoms with E-state index in [-0.39, 0.29) is 0 Å². The second-order valence-electron chi connectivity index (χ2n) is 3.78. The van der Waals surface area contributed by atoms with E-state index in [1.807, 2.05) is 26.0 Å². The van der Waals surface area contributed by atoms with Crippen LogP contribution in [-0.2, 0) is 0 Å². The Hall–Kier alpha value is -2.10. The van der Waals surface area contributed by atoms with Gasteiger partial charge in [0.1, 0.15) is 12.4 Å². The Bertz CT molecular complexity index is 495. The molecule has 0 fully saturated rings. The maximum atomic E-state index is 5.60. The standard InChI is InChI=1S/C13H14N2O2/c1-4-5-16-12-9(2)6-11(7-10(12)3)13-15-14-8-17-13/h4,6-8H,1,5H2,2-3H3. The first-order chi connectivity index (χ1) is 8.22. The first kappa shape index (κ1) is 11.4. The van der Waals surface area contributed by atoms with Crippen molar-refractivity contribution in [3.8, 4) is 17.2 Å². The van der Waals surface area contributed by atoms with E-state index >= 15 is 0 Å². The van der Waals surface area contributed by atoms with Crippen LogP contribution in [-0.4, -0.2) is 16.8 Å². The van der Waals surface area contributed by atoms with E-state index in [4.69, 9.17) is 9.15 Å². The molecule has 1 heterocycles. The monoisotopic (exact) mass is 230 g/mol. The predicted molar refractivity (Wildman–Crippen MR) is 64.9 cm³/mol. The fourth-order valence-electron chi connectivity index (χ4n) is 1.74. The Morgan fingerprint density at radius 3 is 2.59 bits per heavy atom. The lowest BCUT2D eigenvalue weighted by molar-refractivity contribution is 0.358. The molecule has 0 saturated heterocycles. The molecule has 0 bridgehead atoms. The summed E-state index contributed by atoms with van der Waals surface area (Å²) in [6.07, 6.45) is 3.05. The number of nitrogens with zero attached hydrogens (tertiary/aromatic N) is 2. The van der Waals surface area contributed by atoms with Crippen molar-refractivity contribution in [2.24, 2.45) is 0 Å². The molecule has 0 aliphatic carbocycles. The number of aromatic nitrogens is 2. The zero-order chi connectivity index (χ0) is 12.3. The van der Waals surface area contributed by atoms with Crippen molar-refractivity contribution < 1.29 is 9.15 Å². The average Bonchev–Trinajstić information content (AvgIpc) is 2.81. The summed E-state index contributed by atoms with van der Waals surface area (Å²) in [5, 5.41) is 7.56. The largest absolute Gasteiger partial charge is 0.489 e. The van der Waals surface area contributed by atoms with Gasteiger partial charge in [-0.1, -0.05) is 12.7 Å². The van der Waals surface area contributed by atoms with Crippen molar-refractivity contribution >= 4 is 0 Å². The van der Waals surface area contributed by atoms with Gasteiger partial charge in [-0.25, -0.2) is 0 Å². The molecule has 2 rings (SSSR count). The van der Waals surface area contributed by atoms with Crippen LogP contribution in [0.25, 0.3) is 11.5 Å². The van der Waals surface area contributed by atoms with Crippen molar-refractivity contribution in [3.05, 3.63) is 42.3 Å². The summed E-state index contributed by atoms with van der Waals surface area (Å²) in [5.74, 6) is 1.40. The van der Waals surface area contributed by atoms with Crippen LogP contribution in [0.2, 0.25) is 0 Å². The molecule has 17 heavy (non-hydrogen) atoms. The molecule has 0 amide bonds. The fraction of sp³-hybridized carbons (Fsp3) is 0.231. The second-order valence-corrected chi connectivity index (χ2v) is 3.78. The molecule has 0 radical (unpaired) electrons. The van der Waals surface area contributed by atoms with E-state index in [2.05, 4.69) is 16.8 Å². The van der Waals surface area contributed by atoms with Gasteiger partial charge in [0.15, 0.2) is 0 Å². The molecule has 4 nitrogen and oxygen atoms in total. The van der Waals surface area contributed by atoms with E-state index < -0.39 is 0 Å². The first-order valence-electron chi connectivity index (χ1n) is 5.34. The third kappa shape index (κ3) is 2.36. The van der Waals surface area contributed by atoms with Gasteiger partial charge in [-0.3, -0.25) is 0 Å². The van der Waals surface area contributed by atoms with Crippen LogP contribution in [0.4, 0.5) is 0 Å². The highest BCUT2D eigenvalue weighted by atomic mass is 16.5. The number of aryl methyl sites for hydroxylation is 2. The summed E-state index contributed by atoms with van der Waals surface area (Å²) >= 11 is 0. The third-order valence-electron chi connectivity index (χ3n) is 2.41. The Kier molecular flexibility index (Phi) is 3.23. The minimum absolute atomic E-state index is 0.502. The molecular formula is C13H14N2O2. The highest BCUT2D eigenvalue weighted by Gasteiger charge is 2.10. The molecular weight excluding hydrogens is 216 g/mol. The molecule has 2 aromatic rings. The number of hydrogen-bond acceptors (Lipinski definition) is 4. The molecule has 0 unspecified atom stereocenters. The van der Waals surface area contributed by atoms with Crippen molar-refractivity contribution in [1.29, 1.82) is 0 Å². The van der Waals surface area contributed by atoms with Crippen molar-refractivity contribution in [2.45, 2.75) is 13.8 Å². The van der Waals surface area contributed by atoms with E-state index in [1.54, 1.807) is 6.08 Å². The second kappa shape index (κ2) is 4.82. The van der Waals surface area contributed by atoms with Gasteiger partial charge in [-0.2, -0.15) is 0 Å². The SMILES string of the molecule is C=CCOc1c(C)cc(-c2nnco2)cc1C. The number of benzene rings is 1. The normalized spacial score (nSPS) is 10.2. The molecule has 0 saturated carbocycles. The van der Waals surface area contributed by atoms with Gasteiger partial charge in [-0.15, -0.1) is 10.2 Å². The molecule has 0 atom stereocenters. The maximum absolute atomic E-state index is 5.60. The Balaban J connectivity index is 2.38. The van der Waals surface area contributed by atoms with Gasteiger partial charge >= 0.3 is 0 Å². The fourth-order valence-corrected chi connectivity index (χ4v) is 1.74. The molecule has 1 aromatic carbocycles. The summed E-state index contributed by atoms with van der Waals surface area (Å²) in [6.45, 7) is 8.12. The topological polar surface area (TPSA) is 48.2 Å². The summed E-state index contributed by atoms with van der Waals surface area (Å²) in [5.41, 5.74) is 2.99. The number of rotatable bonds is 4. The van der Waals surface area contributed by atoms with E-state index in [0.717, 1.165) is 22.4 Å². The minimum Gasteiger partial charge on any atom is -0.489 e. The van der Waals surface area contributed by atoms with Gasteiger partial charge in [0.2, 0.25) is 12.3 Å². The molecule has 0 aliphatic heterocycles. The van der Waals surface area contributed by atoms with Gasteiger partial charge in [0.05, 0.1) is 0 Å². The summed E-state index contributed by atoms with van der Waals surface area (Å²) in [7, 11) is 0. The van der Waals surface area contributed by atoms with E-state index in [0.29, 0.717) is 12.5 Å². The average molecular weight is 230 g/mol. The van der Waals surface area contributed by atoms with E-state index in [9.17, 15) is 0 Å². The van der Waals surface area contributed by atoms with Crippen LogP contribution in [0, 0.1) is 13.8 Å². The van der Waals surface area contributed by atoms with Crippen molar-refractivity contribution in [2.75, 3.05) is 6.61 Å². The van der Waals surface area contributed by atoms with Gasteiger partial charge in [0, 0.05) is 5.56 Å².